The smallest absolute Gasteiger partial charge is 0.244 e. The number of sulfonamides is 1. The highest BCUT2D eigenvalue weighted by molar-refractivity contribution is 9.10. The molecule has 1 fully saturated rings. The number of carbonyl (C=O) groups excluding carboxylic acids is 2. The van der Waals surface area contributed by atoms with E-state index in [1.165, 1.54) is 11.0 Å². The van der Waals surface area contributed by atoms with Crippen LogP contribution in [0.1, 0.15) is 38.2 Å². The lowest BCUT2D eigenvalue weighted by atomic mass is 10.1. The maximum Gasteiger partial charge on any atom is 0.244 e. The predicted molar refractivity (Wildman–Crippen MR) is 133 cm³/mol. The number of nitrogens with zero attached hydrogens (tertiary/aromatic N) is 2. The van der Waals surface area contributed by atoms with E-state index in [1.54, 1.807) is 49.4 Å². The van der Waals surface area contributed by atoms with E-state index in [0.717, 1.165) is 36.2 Å². The van der Waals surface area contributed by atoms with Crippen LogP contribution in [0.3, 0.4) is 0 Å². The summed E-state index contributed by atoms with van der Waals surface area (Å²) in [7, 11) is -3.82. The van der Waals surface area contributed by atoms with Gasteiger partial charge in [0.2, 0.25) is 21.8 Å². The number of rotatable bonds is 9. The standard InChI is InChI=1S/C24H29BrFN3O4S/c1-17(24(31)27-20-10-4-5-11-20)28(15-18-8-3-6-13-22(18)26)23(30)16-29(34(2,32)33)21-12-7-9-19(25)14-21/h3,6-9,12-14,17,20H,4-5,10-11,15-16H2,1-2H3,(H,27,31)/t17-/m1/s1. The molecule has 7 nitrogen and oxygen atoms in total. The normalized spacial score (nSPS) is 15.1. The Labute approximate surface area is 208 Å². The largest absolute Gasteiger partial charge is 0.352 e. The van der Waals surface area contributed by atoms with Gasteiger partial charge in [0.15, 0.2) is 0 Å². The summed E-state index contributed by atoms with van der Waals surface area (Å²) < 4.78 is 41.1. The molecule has 0 unspecified atom stereocenters. The molecule has 3 rings (SSSR count). The molecule has 2 amide bonds. The number of hydrogen-bond acceptors (Lipinski definition) is 4. The summed E-state index contributed by atoms with van der Waals surface area (Å²) in [6, 6.07) is 11.7. The Balaban J connectivity index is 1.89. The molecule has 1 aliphatic carbocycles. The van der Waals surface area contributed by atoms with Gasteiger partial charge in [-0.1, -0.05) is 53.0 Å². The summed E-state index contributed by atoms with van der Waals surface area (Å²) in [5.41, 5.74) is 0.545. The second-order valence-electron chi connectivity index (χ2n) is 8.53. The molecule has 2 aromatic carbocycles. The van der Waals surface area contributed by atoms with Gasteiger partial charge in [-0.15, -0.1) is 0 Å². The lowest BCUT2D eigenvalue weighted by Gasteiger charge is -2.32. The van der Waals surface area contributed by atoms with Crippen LogP contribution in [0.4, 0.5) is 10.1 Å². The van der Waals surface area contributed by atoms with E-state index in [2.05, 4.69) is 21.2 Å². The van der Waals surface area contributed by atoms with Crippen molar-refractivity contribution in [1.82, 2.24) is 10.2 Å². The number of nitrogens with one attached hydrogen (secondary N) is 1. The Morgan fingerprint density at radius 2 is 1.82 bits per heavy atom. The van der Waals surface area contributed by atoms with Crippen LogP contribution in [0.25, 0.3) is 0 Å². The highest BCUT2D eigenvalue weighted by Gasteiger charge is 2.31. The number of hydrogen-bond donors (Lipinski definition) is 1. The molecular formula is C24H29BrFN3O4S. The van der Waals surface area contributed by atoms with Crippen LogP contribution >= 0.6 is 15.9 Å². The van der Waals surface area contributed by atoms with Crippen molar-refractivity contribution >= 4 is 43.5 Å². The predicted octanol–water partition coefficient (Wildman–Crippen LogP) is 3.83. The van der Waals surface area contributed by atoms with Crippen molar-refractivity contribution in [3.8, 4) is 0 Å². The fourth-order valence-corrected chi connectivity index (χ4v) is 5.26. The summed E-state index contributed by atoms with van der Waals surface area (Å²) in [5.74, 6) is -1.46. The Kier molecular flexibility index (Phi) is 8.70. The van der Waals surface area contributed by atoms with Gasteiger partial charge >= 0.3 is 0 Å². The lowest BCUT2D eigenvalue weighted by Crippen LogP contribution is -2.52. The molecule has 0 saturated heterocycles. The molecule has 2 aromatic rings. The molecule has 0 bridgehead atoms. The zero-order valence-electron chi connectivity index (χ0n) is 19.2. The van der Waals surface area contributed by atoms with Crippen LogP contribution in [-0.2, 0) is 26.2 Å². The van der Waals surface area contributed by atoms with E-state index in [4.69, 9.17) is 0 Å². The third-order valence-electron chi connectivity index (χ3n) is 5.94. The molecule has 34 heavy (non-hydrogen) atoms. The highest BCUT2D eigenvalue weighted by atomic mass is 79.9. The number of benzene rings is 2. The first-order valence-electron chi connectivity index (χ1n) is 11.1. The topological polar surface area (TPSA) is 86.8 Å². The van der Waals surface area contributed by atoms with Gasteiger partial charge in [-0.3, -0.25) is 13.9 Å². The summed E-state index contributed by atoms with van der Waals surface area (Å²) in [6.45, 7) is 0.887. The Morgan fingerprint density at radius 1 is 1.15 bits per heavy atom. The Bertz CT molecular complexity index is 1140. The third kappa shape index (κ3) is 6.79. The van der Waals surface area contributed by atoms with E-state index in [-0.39, 0.29) is 24.1 Å². The zero-order valence-corrected chi connectivity index (χ0v) is 21.6. The average Bonchev–Trinajstić information content (AvgIpc) is 3.28. The van der Waals surface area contributed by atoms with Crippen molar-refractivity contribution in [1.29, 1.82) is 0 Å². The minimum Gasteiger partial charge on any atom is -0.352 e. The van der Waals surface area contributed by atoms with Gasteiger partial charge in [-0.25, -0.2) is 12.8 Å². The molecule has 0 radical (unpaired) electrons. The van der Waals surface area contributed by atoms with Crippen LogP contribution in [0, 0.1) is 5.82 Å². The maximum absolute atomic E-state index is 14.4. The second kappa shape index (κ2) is 11.3. The minimum absolute atomic E-state index is 0.0505. The van der Waals surface area contributed by atoms with Crippen LogP contribution < -0.4 is 9.62 Å². The molecule has 0 spiro atoms. The first-order valence-corrected chi connectivity index (χ1v) is 13.8. The molecule has 1 N–H and O–H groups in total. The first kappa shape index (κ1) is 26.2. The molecule has 1 aliphatic rings. The second-order valence-corrected chi connectivity index (χ2v) is 11.4. The van der Waals surface area contributed by atoms with Crippen molar-refractivity contribution < 1.29 is 22.4 Å². The molecule has 1 saturated carbocycles. The quantitative estimate of drug-likeness (QED) is 0.511. The van der Waals surface area contributed by atoms with Crippen molar-refractivity contribution in [2.75, 3.05) is 17.1 Å². The summed E-state index contributed by atoms with van der Waals surface area (Å²) in [4.78, 5) is 27.7. The van der Waals surface area contributed by atoms with E-state index in [1.807, 2.05) is 0 Å². The van der Waals surface area contributed by atoms with Gasteiger partial charge in [-0.05, 0) is 44.0 Å². The molecule has 0 heterocycles. The van der Waals surface area contributed by atoms with Gasteiger partial charge in [0.25, 0.3) is 0 Å². The van der Waals surface area contributed by atoms with Gasteiger partial charge in [0, 0.05) is 22.6 Å². The molecule has 0 aromatic heterocycles. The molecular weight excluding hydrogens is 525 g/mol. The fourth-order valence-electron chi connectivity index (χ4n) is 4.03. The van der Waals surface area contributed by atoms with Crippen LogP contribution in [0.5, 0.6) is 0 Å². The van der Waals surface area contributed by atoms with Crippen molar-refractivity contribution in [3.63, 3.8) is 0 Å². The average molecular weight is 554 g/mol. The number of carbonyl (C=O) groups is 2. The maximum atomic E-state index is 14.4. The summed E-state index contributed by atoms with van der Waals surface area (Å²) >= 11 is 3.32. The fraction of sp³-hybridized carbons (Fsp3) is 0.417. The van der Waals surface area contributed by atoms with E-state index < -0.39 is 34.3 Å². The molecule has 10 heteroatoms. The lowest BCUT2D eigenvalue weighted by molar-refractivity contribution is -0.139. The number of amides is 2. The van der Waals surface area contributed by atoms with Crippen molar-refractivity contribution in [2.24, 2.45) is 0 Å². The van der Waals surface area contributed by atoms with Gasteiger partial charge in [0.1, 0.15) is 18.4 Å². The first-order chi connectivity index (χ1) is 16.1. The molecule has 184 valence electrons. The highest BCUT2D eigenvalue weighted by Crippen LogP contribution is 2.23. The summed E-state index contributed by atoms with van der Waals surface area (Å²) in [5, 5.41) is 2.97. The van der Waals surface area contributed by atoms with E-state index >= 15 is 0 Å². The monoisotopic (exact) mass is 553 g/mol. The SMILES string of the molecule is C[C@H](C(=O)NC1CCCC1)N(Cc1ccccc1F)C(=O)CN(c1cccc(Br)c1)S(C)(=O)=O. The Morgan fingerprint density at radius 3 is 2.44 bits per heavy atom. The van der Waals surface area contributed by atoms with E-state index in [9.17, 15) is 22.4 Å². The molecule has 1 atom stereocenters. The zero-order chi connectivity index (χ0) is 24.9. The Hall–Kier alpha value is -2.46. The van der Waals surface area contributed by atoms with Crippen LogP contribution in [0.15, 0.2) is 53.0 Å². The van der Waals surface area contributed by atoms with E-state index in [0.29, 0.717) is 10.2 Å². The van der Waals surface area contributed by atoms with Gasteiger partial charge < -0.3 is 10.2 Å². The van der Waals surface area contributed by atoms with Gasteiger partial charge in [-0.2, -0.15) is 0 Å². The van der Waals surface area contributed by atoms with Crippen molar-refractivity contribution in [3.05, 3.63) is 64.4 Å². The van der Waals surface area contributed by atoms with Gasteiger partial charge in [0.05, 0.1) is 11.9 Å². The van der Waals surface area contributed by atoms with Crippen molar-refractivity contribution in [2.45, 2.75) is 51.2 Å². The summed E-state index contributed by atoms with van der Waals surface area (Å²) in [6.07, 6.45) is 4.84. The minimum atomic E-state index is -3.82. The number of anilines is 1. The third-order valence-corrected chi connectivity index (χ3v) is 7.58. The molecule has 0 aliphatic heterocycles. The number of halogens is 2. The van der Waals surface area contributed by atoms with Crippen LogP contribution in [0.2, 0.25) is 0 Å². The van der Waals surface area contributed by atoms with Crippen LogP contribution in [-0.4, -0.2) is 50.0 Å².